The minimum atomic E-state index is -3.22. The van der Waals surface area contributed by atoms with E-state index in [0.29, 0.717) is 126 Å². The molecule has 4 atom stereocenters. The van der Waals surface area contributed by atoms with Gasteiger partial charge in [0, 0.05) is 56.1 Å². The predicted octanol–water partition coefficient (Wildman–Crippen LogP) is 17.3. The van der Waals surface area contributed by atoms with E-state index in [1.54, 1.807) is 91.9 Å². The van der Waals surface area contributed by atoms with E-state index >= 15 is 0 Å². The Kier molecular flexibility index (Phi) is 38.2. The zero-order valence-electron chi connectivity index (χ0n) is 69.2. The number of esters is 5. The van der Waals surface area contributed by atoms with Gasteiger partial charge in [0.15, 0.2) is 35.1 Å². The zero-order chi connectivity index (χ0) is 93.2. The number of ether oxygens (including phenoxy) is 7. The molecule has 686 valence electrons. The second-order valence-electron chi connectivity index (χ2n) is 27.2. The summed E-state index contributed by atoms with van der Waals surface area (Å²) in [5, 5.41) is 0.858. The number of furan rings is 5. The number of nitrogens with zero attached hydrogens (tertiary/aromatic N) is 9. The zero-order valence-corrected chi connectivity index (χ0v) is 80.6. The Morgan fingerprint density at radius 3 is 1.12 bits per heavy atom. The Morgan fingerprint density at radius 1 is 0.440 bits per heavy atom. The molecule has 31 nitrogen and oxygen atoms in total. The van der Waals surface area contributed by atoms with Gasteiger partial charge >= 0.3 is 71.6 Å². The average molecular weight is 2190 g/mol. The van der Waals surface area contributed by atoms with E-state index in [-0.39, 0.29) is 119 Å². The molecule has 0 bridgehead atoms. The van der Waals surface area contributed by atoms with E-state index in [0.717, 1.165) is 38.2 Å². The number of nitrogen functional groups attached to an aromatic ring is 1. The molecule has 0 fully saturated rings. The van der Waals surface area contributed by atoms with Crippen LogP contribution in [0.25, 0.3) is 57.3 Å². The topological polar surface area (TPSA) is 425 Å². The number of carbonyl (C=O) groups is 6. The van der Waals surface area contributed by atoms with Gasteiger partial charge in [0.05, 0.1) is 57.8 Å². The van der Waals surface area contributed by atoms with Crippen LogP contribution in [0.1, 0.15) is 152 Å². The van der Waals surface area contributed by atoms with Gasteiger partial charge in [-0.1, -0.05) is 172 Å². The van der Waals surface area contributed by atoms with Crippen molar-refractivity contribution in [3.63, 3.8) is 0 Å². The molecule has 4 aliphatic rings. The number of hydrogen-bond donors (Lipinski definition) is 2. The first-order valence-electron chi connectivity index (χ1n) is 38.5. The van der Waals surface area contributed by atoms with Crippen LogP contribution in [0.4, 0.5) is 5.95 Å². The van der Waals surface area contributed by atoms with Crippen molar-refractivity contribution >= 4 is 167 Å². The summed E-state index contributed by atoms with van der Waals surface area (Å²) in [4.78, 5) is 124. The number of fused-ring (bicyclic) bond motifs is 4. The third-order valence-corrected chi connectivity index (χ3v) is 21.6. The van der Waals surface area contributed by atoms with Crippen LogP contribution in [-0.2, 0) is 59.3 Å². The number of nitrogens with one attached hydrogen (secondary N) is 1. The number of methoxy groups -OCH3 is 2. The molecule has 134 heavy (non-hydrogen) atoms. The van der Waals surface area contributed by atoms with Crippen molar-refractivity contribution in [3.8, 4) is 69.3 Å². The number of rotatable bonds is 19. The van der Waals surface area contributed by atoms with Crippen LogP contribution < -0.4 is 63.7 Å². The van der Waals surface area contributed by atoms with Crippen LogP contribution in [0.2, 0.25) is 30.4 Å². The molecule has 5 aromatic carbocycles. The van der Waals surface area contributed by atoms with Crippen molar-refractivity contribution in [3.05, 3.63) is 338 Å². The monoisotopic (exact) mass is 2180 g/mol. The van der Waals surface area contributed by atoms with Gasteiger partial charge in [-0.3, -0.25) is 9.36 Å². The fourth-order valence-electron chi connectivity index (χ4n) is 13.3. The number of nitrogens with two attached hydrogens (primary N) is 1. The number of H-pyrrole nitrogens is 1. The number of aldehydes is 1. The van der Waals surface area contributed by atoms with E-state index < -0.39 is 65.2 Å². The van der Waals surface area contributed by atoms with Gasteiger partial charge < -0.3 is 89.9 Å². The summed E-state index contributed by atoms with van der Waals surface area (Å²) in [6.45, 7) is 1.83. The summed E-state index contributed by atoms with van der Waals surface area (Å²) in [6.07, 6.45) is 7.10. The van der Waals surface area contributed by atoms with Crippen LogP contribution in [0, 0.1) is 0 Å². The SMILES string of the molecule is C.CCOC(=O)c1c(C=O)nc(OC)nc1-c1ccco1.COc1nc(-c2ccco2)c2c(n1)C(Cc1ccccc1Cl)OC2=O.Clc1ccccc1CBr.Nc1nc(-c2ccco2)c2c(n1)C(Cc1ccccc1Cl)OC2=O.O=C1OC(Cc2ccccc2Cl)c2[nH]c(=O)nc(-c3ccco3)c21.O=C1OC(Cc2ccccc2Cl)c2nc(Cl)nc(-c3ccco3)c21.O=P(Cl)(Cl)Cl.[I-].[Li+]. The standard InChI is InChI=1S/C18H13ClN2O4.C17H10Cl2N2O3.C17H12ClN3O3.C17H11ClN2O4.C13H12N2O5.C7H6BrCl.CH4.Cl3OP.HI.Li/c1-23-18-20-15(12-7-4-8-24-12)14-16(21-18)13(25-17(14)22)9-10-5-2-3-6-11(10)19;2*18-10-5-2-1-4-9(10)8-12-15-13(16(22)24-12)14(20-17(19)21-15)11-6-3-7-23-11;18-10-5-2-1-4-9(10)8-12-15-13(16(21)24-12)14(19-17(22)20-15)11-6-3-7-23-11;1-3-19-12(17)10-8(7-16)14-13(18-2)15-11(10)9-5-4-6-20-9;8-5-6-3-1-2-4-7(6)9;;1-5(2,3)4;;/h2-8,13H,9H2,1H3;1-7,12H,8H2;1-7,12H,8H2,(H2,19,20,21);1-7,12H,8H2,(H,19,20,22);4-7H,3H2,1-2H3;1-4H,5H2;1H4;;1H;/q;;;;;;;;;+1/p-1. The number of anilines is 1. The molecule has 10 aromatic heterocycles. The maximum atomic E-state index is 12.4. The van der Waals surface area contributed by atoms with Gasteiger partial charge in [0.25, 0.3) is 0 Å². The number of carbonyl (C=O) groups excluding carboxylic acids is 6. The Morgan fingerprint density at radius 2 is 0.761 bits per heavy atom. The number of cyclic esters (lactones) is 4. The van der Waals surface area contributed by atoms with Crippen molar-refractivity contribution < 1.29 is 131 Å². The summed E-state index contributed by atoms with van der Waals surface area (Å²) < 4.78 is 73.0. The summed E-state index contributed by atoms with van der Waals surface area (Å²) >= 11 is 53.8. The summed E-state index contributed by atoms with van der Waals surface area (Å²) in [5.41, 5.74) is 13.9. The van der Waals surface area contributed by atoms with E-state index in [1.807, 2.05) is 97.1 Å². The van der Waals surface area contributed by atoms with Crippen LogP contribution in [-0.4, -0.2) is 107 Å². The molecule has 4 aliphatic heterocycles. The quantitative estimate of drug-likeness (QED) is 0.0111. The molecule has 19 rings (SSSR count). The van der Waals surface area contributed by atoms with E-state index in [2.05, 4.69) is 99.5 Å². The van der Waals surface area contributed by atoms with Crippen molar-refractivity contribution in [1.82, 2.24) is 49.8 Å². The number of aromatic nitrogens is 10. The minimum Gasteiger partial charge on any atom is -1.00 e. The van der Waals surface area contributed by atoms with Crippen molar-refractivity contribution in [2.24, 2.45) is 0 Å². The van der Waals surface area contributed by atoms with Crippen LogP contribution in [0.15, 0.2) is 240 Å². The Bertz CT molecular complexity index is 6620. The fourth-order valence-corrected chi connectivity index (χ4v) is 15.2. The van der Waals surface area contributed by atoms with Gasteiger partial charge in [-0.25, -0.2) is 48.7 Å². The smallest absolute Gasteiger partial charge is 1.00 e. The van der Waals surface area contributed by atoms with Crippen molar-refractivity contribution in [1.29, 1.82) is 0 Å². The second-order valence-corrected chi connectivity index (χ2v) is 36.8. The molecule has 0 aliphatic carbocycles. The first-order chi connectivity index (χ1) is 63.1. The minimum absolute atomic E-state index is 0. The summed E-state index contributed by atoms with van der Waals surface area (Å²) in [5.74, 6) is -0.665. The number of alkyl halides is 1. The molecular weight excluding hydrogens is 2120 g/mol. The third-order valence-electron chi connectivity index (χ3n) is 19.0. The summed E-state index contributed by atoms with van der Waals surface area (Å²) in [6, 6.07) is 54.2. The molecule has 14 heterocycles. The van der Waals surface area contributed by atoms with Crippen molar-refractivity contribution in [2.75, 3.05) is 26.6 Å². The predicted molar refractivity (Wildman–Crippen MR) is 495 cm³/mol. The maximum absolute atomic E-state index is 12.4. The van der Waals surface area contributed by atoms with Gasteiger partial charge in [0.2, 0.25) is 11.2 Å². The second kappa shape index (κ2) is 48.8. The molecule has 0 radical (unpaired) electrons. The molecule has 0 spiro atoms. The maximum Gasteiger partial charge on any atom is 1.00 e. The van der Waals surface area contributed by atoms with E-state index in [4.69, 9.17) is 131 Å². The molecule has 0 saturated carbocycles. The molecule has 3 N–H and O–H groups in total. The first-order valence-corrected chi connectivity index (χ1v) is 46.3. The third kappa shape index (κ3) is 26.1. The fraction of sp³-hybridized carbons (Fsp3) is 0.156. The van der Waals surface area contributed by atoms with Crippen LogP contribution >= 0.6 is 124 Å². The number of hydrogen-bond acceptors (Lipinski definition) is 30. The Hall–Kier alpha value is -11.2. The van der Waals surface area contributed by atoms with E-state index in [9.17, 15) is 38.1 Å². The summed E-state index contributed by atoms with van der Waals surface area (Å²) in [7, 11) is 2.83. The van der Waals surface area contributed by atoms with Gasteiger partial charge in [-0.05, 0) is 171 Å². The van der Waals surface area contributed by atoms with Crippen LogP contribution in [0.3, 0.4) is 0 Å². The Balaban J connectivity index is 0.000000166. The molecule has 0 saturated heterocycles. The molecular formula is C90H68BrCl9ILiN11O20P. The van der Waals surface area contributed by atoms with Gasteiger partial charge in [-0.2, -0.15) is 24.9 Å². The first kappa shape index (κ1) is 105. The number of halogens is 11. The average Bonchev–Trinajstić information content (AvgIpc) is 1.63. The Labute approximate surface area is 844 Å². The molecule has 44 heteroatoms. The number of benzene rings is 5. The van der Waals surface area contributed by atoms with Gasteiger partial charge in [-0.15, -0.1) is 0 Å². The molecule has 4 unspecified atom stereocenters. The normalized spacial score (nSPS) is 14.2. The van der Waals surface area contributed by atoms with E-state index in [1.165, 1.54) is 45.5 Å². The molecule has 0 amide bonds. The number of aromatic amines is 1. The largest absolute Gasteiger partial charge is 1.00 e. The van der Waals surface area contributed by atoms with Gasteiger partial charge in [0.1, 0.15) is 103 Å². The van der Waals surface area contributed by atoms with Crippen molar-refractivity contribution in [2.45, 2.75) is 69.8 Å². The molecule has 15 aromatic rings. The van der Waals surface area contributed by atoms with Crippen LogP contribution in [0.5, 0.6) is 12.0 Å².